The summed E-state index contributed by atoms with van der Waals surface area (Å²) in [7, 11) is -0.645. The number of aromatic nitrogens is 4. The molecular formula is C25H32ClFN6OS2. The molecule has 0 spiro atoms. The first-order valence-corrected chi connectivity index (χ1v) is 14.9. The average molecular weight is 551 g/mol. The van der Waals surface area contributed by atoms with Crippen molar-refractivity contribution < 1.29 is 8.60 Å². The summed E-state index contributed by atoms with van der Waals surface area (Å²) >= 11 is 7.58. The van der Waals surface area contributed by atoms with Gasteiger partial charge in [-0.2, -0.15) is 5.10 Å². The molecule has 1 aliphatic rings. The second kappa shape index (κ2) is 13.2. The van der Waals surface area contributed by atoms with Gasteiger partial charge < -0.3 is 11.1 Å². The quantitative estimate of drug-likeness (QED) is 0.308. The van der Waals surface area contributed by atoms with Crippen molar-refractivity contribution in [2.75, 3.05) is 23.9 Å². The SMILES string of the molecule is CC.CCn1ncc2c1CCc1c-2sc2ncnc(Nc3ccc(F)c(Cl)c3)c12.CS(=O)CCCN. The monoisotopic (exact) mass is 550 g/mol. The predicted molar refractivity (Wildman–Crippen MR) is 150 cm³/mol. The van der Waals surface area contributed by atoms with E-state index < -0.39 is 16.6 Å². The Hall–Kier alpha value is -2.40. The number of aryl methyl sites for hydroxylation is 2. The highest BCUT2D eigenvalue weighted by Crippen LogP contribution is 2.45. The fourth-order valence-corrected chi connectivity index (χ4v) is 5.90. The summed E-state index contributed by atoms with van der Waals surface area (Å²) in [5, 5.41) is 8.89. The van der Waals surface area contributed by atoms with Crippen LogP contribution >= 0.6 is 22.9 Å². The maximum absolute atomic E-state index is 13.4. The third-order valence-corrected chi connectivity index (χ3v) is 7.84. The van der Waals surface area contributed by atoms with Crippen molar-refractivity contribution in [1.82, 2.24) is 19.7 Å². The molecule has 5 rings (SSSR count). The molecule has 1 atom stereocenters. The highest BCUT2D eigenvalue weighted by atomic mass is 35.5. The highest BCUT2D eigenvalue weighted by molar-refractivity contribution is 7.84. The van der Waals surface area contributed by atoms with Gasteiger partial charge in [-0.1, -0.05) is 25.4 Å². The Morgan fingerprint density at radius 2 is 2.06 bits per heavy atom. The molecule has 0 amide bonds. The number of nitrogens with two attached hydrogens (primary N) is 1. The molecule has 11 heteroatoms. The molecule has 3 aromatic heterocycles. The fourth-order valence-electron chi connectivity index (χ4n) is 3.92. The summed E-state index contributed by atoms with van der Waals surface area (Å²) in [5.74, 6) is 1.02. The van der Waals surface area contributed by atoms with Crippen LogP contribution < -0.4 is 11.1 Å². The van der Waals surface area contributed by atoms with E-state index in [0.29, 0.717) is 18.1 Å². The van der Waals surface area contributed by atoms with Gasteiger partial charge in [0.25, 0.3) is 0 Å². The lowest BCUT2D eigenvalue weighted by Crippen LogP contribution is -2.08. The molecule has 0 aliphatic heterocycles. The Bertz CT molecular complexity index is 1340. The molecule has 194 valence electrons. The van der Waals surface area contributed by atoms with Crippen LogP contribution in [0.25, 0.3) is 20.7 Å². The Morgan fingerprint density at radius 1 is 1.28 bits per heavy atom. The Balaban J connectivity index is 0.000000350. The lowest BCUT2D eigenvalue weighted by molar-refractivity contribution is 0.618. The third-order valence-electron chi connectivity index (χ3n) is 5.51. The normalized spacial score (nSPS) is 12.5. The second-order valence-corrected chi connectivity index (χ2v) is 10.8. The Morgan fingerprint density at radius 3 is 2.69 bits per heavy atom. The van der Waals surface area contributed by atoms with Crippen LogP contribution in [0.15, 0.2) is 30.7 Å². The standard InChI is InChI=1S/C19H15ClFN5S.C4H11NOS.C2H6/c1-2-26-15-6-4-11-16-18(25-10-3-5-14(21)13(20)7-10)22-9-23-19(16)27-17(11)12(15)8-24-26;1-7(6)4-2-3-5;1-2/h3,5,7-9H,2,4,6H2,1H3,(H,22,23,25);2-5H2,1H3;1-2H3. The van der Waals surface area contributed by atoms with Gasteiger partial charge in [-0.05, 0) is 56.5 Å². The predicted octanol–water partition coefficient (Wildman–Crippen LogP) is 5.95. The second-order valence-electron chi connectivity index (χ2n) is 7.81. The van der Waals surface area contributed by atoms with Crippen LogP contribution in [0.2, 0.25) is 5.02 Å². The van der Waals surface area contributed by atoms with Crippen molar-refractivity contribution in [3.63, 3.8) is 0 Å². The van der Waals surface area contributed by atoms with Gasteiger partial charge >= 0.3 is 0 Å². The van der Waals surface area contributed by atoms with Gasteiger partial charge in [0.05, 0.1) is 16.6 Å². The third kappa shape index (κ3) is 6.29. The molecule has 36 heavy (non-hydrogen) atoms. The topological polar surface area (TPSA) is 98.7 Å². The maximum atomic E-state index is 13.4. The number of benzene rings is 1. The largest absolute Gasteiger partial charge is 0.340 e. The average Bonchev–Trinajstić information content (AvgIpc) is 3.48. The van der Waals surface area contributed by atoms with Crippen molar-refractivity contribution in [1.29, 1.82) is 0 Å². The first-order valence-electron chi connectivity index (χ1n) is 12.0. The fraction of sp³-hybridized carbons (Fsp3) is 0.400. The number of anilines is 2. The van der Waals surface area contributed by atoms with Gasteiger partial charge in [0.1, 0.15) is 22.8 Å². The van der Waals surface area contributed by atoms with E-state index in [1.165, 1.54) is 27.8 Å². The van der Waals surface area contributed by atoms with E-state index in [9.17, 15) is 8.60 Å². The van der Waals surface area contributed by atoms with Gasteiger partial charge in [0.15, 0.2) is 0 Å². The molecule has 0 radical (unpaired) electrons. The zero-order valence-corrected chi connectivity index (χ0v) is 23.4. The van der Waals surface area contributed by atoms with Gasteiger partial charge in [-0.25, -0.2) is 14.4 Å². The Labute approximate surface area is 222 Å². The van der Waals surface area contributed by atoms with Crippen LogP contribution in [0, 0.1) is 5.82 Å². The van der Waals surface area contributed by atoms with Gasteiger partial charge in [0, 0.05) is 51.2 Å². The molecular weight excluding hydrogens is 519 g/mol. The molecule has 0 saturated carbocycles. The van der Waals surface area contributed by atoms with Gasteiger partial charge in [0.2, 0.25) is 0 Å². The number of fused-ring (bicyclic) bond motifs is 5. The maximum Gasteiger partial charge on any atom is 0.142 e. The summed E-state index contributed by atoms with van der Waals surface area (Å²) in [6.07, 6.45) is 7.93. The summed E-state index contributed by atoms with van der Waals surface area (Å²) < 4.78 is 25.8. The number of hydrogen-bond acceptors (Lipinski definition) is 7. The van der Waals surface area contributed by atoms with E-state index >= 15 is 0 Å². The summed E-state index contributed by atoms with van der Waals surface area (Å²) in [6.45, 7) is 7.63. The summed E-state index contributed by atoms with van der Waals surface area (Å²) in [5.41, 5.74) is 9.55. The summed E-state index contributed by atoms with van der Waals surface area (Å²) in [4.78, 5) is 11.1. The van der Waals surface area contributed by atoms with Crippen LogP contribution in [0.3, 0.4) is 0 Å². The smallest absolute Gasteiger partial charge is 0.142 e. The van der Waals surface area contributed by atoms with Gasteiger partial charge in [-0.3, -0.25) is 8.89 Å². The first kappa shape index (κ1) is 28.2. The molecule has 1 aromatic carbocycles. The lowest BCUT2D eigenvalue weighted by atomic mass is 9.95. The highest BCUT2D eigenvalue weighted by Gasteiger charge is 2.26. The van der Waals surface area contributed by atoms with E-state index in [2.05, 4.69) is 32.0 Å². The molecule has 1 aliphatic carbocycles. The van der Waals surface area contributed by atoms with Crippen molar-refractivity contribution in [3.8, 4) is 10.4 Å². The molecule has 3 N–H and O–H groups in total. The van der Waals surface area contributed by atoms with Crippen LogP contribution in [0.5, 0.6) is 0 Å². The van der Waals surface area contributed by atoms with Gasteiger partial charge in [-0.15, -0.1) is 11.3 Å². The van der Waals surface area contributed by atoms with Crippen LogP contribution in [-0.2, 0) is 30.2 Å². The van der Waals surface area contributed by atoms with Crippen molar-refractivity contribution >= 4 is 55.5 Å². The number of nitrogens with one attached hydrogen (secondary N) is 1. The molecule has 0 fully saturated rings. The van der Waals surface area contributed by atoms with Crippen LogP contribution in [0.1, 0.15) is 38.4 Å². The van der Waals surface area contributed by atoms with Crippen LogP contribution in [-0.4, -0.2) is 42.5 Å². The van der Waals surface area contributed by atoms with Crippen molar-refractivity contribution in [2.45, 2.75) is 46.6 Å². The number of hydrogen-bond donors (Lipinski definition) is 2. The molecule has 4 aromatic rings. The van der Waals surface area contributed by atoms with E-state index in [1.54, 1.807) is 36.1 Å². The number of nitrogens with zero attached hydrogens (tertiary/aromatic N) is 4. The Kier molecular flexibility index (Phi) is 10.4. The number of halogens is 2. The molecule has 1 unspecified atom stereocenters. The lowest BCUT2D eigenvalue weighted by Gasteiger charge is -2.15. The summed E-state index contributed by atoms with van der Waals surface area (Å²) in [6, 6.07) is 4.56. The van der Waals surface area contributed by atoms with E-state index in [1.807, 2.05) is 20.0 Å². The van der Waals surface area contributed by atoms with E-state index in [4.69, 9.17) is 17.3 Å². The van der Waals surface area contributed by atoms with Crippen molar-refractivity contribution in [2.24, 2.45) is 5.73 Å². The van der Waals surface area contributed by atoms with E-state index in [-0.39, 0.29) is 5.02 Å². The molecule has 0 bridgehead atoms. The minimum absolute atomic E-state index is 0.0780. The van der Waals surface area contributed by atoms with Crippen LogP contribution in [0.4, 0.5) is 15.9 Å². The zero-order valence-electron chi connectivity index (χ0n) is 21.0. The number of rotatable bonds is 6. The first-order chi connectivity index (χ1) is 17.4. The zero-order chi connectivity index (χ0) is 26.2. The minimum Gasteiger partial charge on any atom is -0.340 e. The molecule has 3 heterocycles. The number of thiophene rings is 1. The minimum atomic E-state index is -0.645. The molecule has 0 saturated heterocycles. The van der Waals surface area contributed by atoms with Crippen molar-refractivity contribution in [3.05, 3.63) is 52.8 Å². The van der Waals surface area contributed by atoms with E-state index in [0.717, 1.165) is 41.8 Å². The molecule has 7 nitrogen and oxygen atoms in total.